The number of nitrogens with zero attached hydrogens (tertiary/aromatic N) is 1. The molecule has 0 aliphatic carbocycles. The van der Waals surface area contributed by atoms with Crippen LogP contribution in [0, 0.1) is 11.3 Å². The molecule has 0 bridgehead atoms. The summed E-state index contributed by atoms with van der Waals surface area (Å²) in [5.41, 5.74) is 1.01. The number of methoxy groups -OCH3 is 2. The normalized spacial score (nSPS) is 10.9. The fraction of sp³-hybridized carbons (Fsp3) is 0.0909. The maximum Gasteiger partial charge on any atom is 0.267 e. The number of nitriles is 1. The zero-order chi connectivity index (χ0) is 20.8. The molecule has 7 heteroatoms. The molecule has 0 aromatic heterocycles. The standard InChI is InChI=1S/C22H19N3O4/c1-28-20-10-9-15(11-21(20)29-2)24-13-14(12-23)22(27)25-18-7-3-6-17-16(18)5-4-8-19(17)26/h3-11,13,24,26H,1-2H3,(H,25,27)/b14-13-. The molecule has 3 N–H and O–H groups in total. The highest BCUT2D eigenvalue weighted by molar-refractivity contribution is 6.11. The van der Waals surface area contributed by atoms with Crippen molar-refractivity contribution < 1.29 is 19.4 Å². The van der Waals surface area contributed by atoms with Crippen LogP contribution in [0.1, 0.15) is 0 Å². The quantitative estimate of drug-likeness (QED) is 0.435. The number of aromatic hydroxyl groups is 1. The zero-order valence-corrected chi connectivity index (χ0v) is 15.9. The number of benzene rings is 3. The molecular formula is C22H19N3O4. The Balaban J connectivity index is 1.81. The summed E-state index contributed by atoms with van der Waals surface area (Å²) in [6.45, 7) is 0. The Bertz CT molecular complexity index is 1130. The molecule has 0 atom stereocenters. The minimum absolute atomic E-state index is 0.114. The van der Waals surface area contributed by atoms with Gasteiger partial charge in [0.1, 0.15) is 17.4 Å². The maximum atomic E-state index is 12.6. The van der Waals surface area contributed by atoms with E-state index >= 15 is 0 Å². The lowest BCUT2D eigenvalue weighted by Crippen LogP contribution is -2.14. The summed E-state index contributed by atoms with van der Waals surface area (Å²) >= 11 is 0. The first kappa shape index (κ1) is 19.6. The summed E-state index contributed by atoms with van der Waals surface area (Å²) in [7, 11) is 3.06. The van der Waals surface area contributed by atoms with Crippen LogP contribution < -0.4 is 20.1 Å². The van der Waals surface area contributed by atoms with Gasteiger partial charge in [0, 0.05) is 34.4 Å². The van der Waals surface area contributed by atoms with Gasteiger partial charge in [0.15, 0.2) is 11.5 Å². The minimum atomic E-state index is -0.573. The van der Waals surface area contributed by atoms with Crippen molar-refractivity contribution in [3.05, 3.63) is 66.4 Å². The fourth-order valence-corrected chi connectivity index (χ4v) is 2.82. The summed E-state index contributed by atoms with van der Waals surface area (Å²) in [6, 6.07) is 17.2. The molecule has 0 radical (unpaired) electrons. The van der Waals surface area contributed by atoms with E-state index in [2.05, 4.69) is 10.6 Å². The van der Waals surface area contributed by atoms with E-state index in [1.807, 2.05) is 6.07 Å². The number of nitrogens with one attached hydrogen (secondary N) is 2. The number of rotatable bonds is 6. The number of anilines is 2. The molecular weight excluding hydrogens is 370 g/mol. The predicted molar refractivity (Wildman–Crippen MR) is 111 cm³/mol. The number of hydrogen-bond donors (Lipinski definition) is 3. The van der Waals surface area contributed by atoms with Crippen molar-refractivity contribution in [2.75, 3.05) is 24.9 Å². The Morgan fingerprint density at radius 1 is 1.03 bits per heavy atom. The second-order valence-corrected chi connectivity index (χ2v) is 6.02. The Kier molecular flexibility index (Phi) is 5.85. The van der Waals surface area contributed by atoms with E-state index in [0.29, 0.717) is 33.6 Å². The molecule has 0 aliphatic heterocycles. The molecule has 3 aromatic rings. The number of fused-ring (bicyclic) bond motifs is 1. The maximum absolute atomic E-state index is 12.6. The third-order valence-corrected chi connectivity index (χ3v) is 4.28. The number of phenols is 1. The first-order chi connectivity index (χ1) is 14.1. The molecule has 0 spiro atoms. The molecule has 3 rings (SSSR count). The van der Waals surface area contributed by atoms with Crippen LogP contribution >= 0.6 is 0 Å². The van der Waals surface area contributed by atoms with Gasteiger partial charge in [-0.3, -0.25) is 4.79 Å². The first-order valence-electron chi connectivity index (χ1n) is 8.68. The molecule has 1 amide bonds. The molecule has 7 nitrogen and oxygen atoms in total. The lowest BCUT2D eigenvalue weighted by Gasteiger charge is -2.10. The largest absolute Gasteiger partial charge is 0.507 e. The lowest BCUT2D eigenvalue weighted by molar-refractivity contribution is -0.112. The molecule has 0 saturated carbocycles. The molecule has 3 aromatic carbocycles. The van der Waals surface area contributed by atoms with Crippen molar-refractivity contribution in [3.63, 3.8) is 0 Å². The fourth-order valence-electron chi connectivity index (χ4n) is 2.82. The van der Waals surface area contributed by atoms with Crippen molar-refractivity contribution in [3.8, 4) is 23.3 Å². The van der Waals surface area contributed by atoms with Gasteiger partial charge in [-0.25, -0.2) is 0 Å². The van der Waals surface area contributed by atoms with Crippen LogP contribution in [-0.2, 0) is 4.79 Å². The monoisotopic (exact) mass is 389 g/mol. The van der Waals surface area contributed by atoms with Crippen LogP contribution in [0.2, 0.25) is 0 Å². The van der Waals surface area contributed by atoms with Gasteiger partial charge >= 0.3 is 0 Å². The summed E-state index contributed by atoms with van der Waals surface area (Å²) in [6.07, 6.45) is 1.32. The summed E-state index contributed by atoms with van der Waals surface area (Å²) in [5.74, 6) is 0.630. The van der Waals surface area contributed by atoms with E-state index in [1.54, 1.807) is 54.6 Å². The van der Waals surface area contributed by atoms with Crippen molar-refractivity contribution in [2.24, 2.45) is 0 Å². The molecule has 29 heavy (non-hydrogen) atoms. The van der Waals surface area contributed by atoms with Crippen LogP contribution in [0.3, 0.4) is 0 Å². The molecule has 0 heterocycles. The van der Waals surface area contributed by atoms with Gasteiger partial charge in [-0.2, -0.15) is 5.26 Å². The molecule has 0 aliphatic rings. The highest BCUT2D eigenvalue weighted by atomic mass is 16.5. The van der Waals surface area contributed by atoms with E-state index in [9.17, 15) is 15.2 Å². The molecule has 0 fully saturated rings. The summed E-state index contributed by atoms with van der Waals surface area (Å²) in [4.78, 5) is 12.6. The van der Waals surface area contributed by atoms with Gasteiger partial charge < -0.3 is 25.2 Å². The molecule has 146 valence electrons. The van der Waals surface area contributed by atoms with E-state index in [4.69, 9.17) is 9.47 Å². The van der Waals surface area contributed by atoms with Crippen molar-refractivity contribution >= 4 is 28.1 Å². The molecule has 0 saturated heterocycles. The van der Waals surface area contributed by atoms with Crippen LogP contribution in [0.15, 0.2) is 66.4 Å². The van der Waals surface area contributed by atoms with Gasteiger partial charge in [-0.1, -0.05) is 24.3 Å². The van der Waals surface area contributed by atoms with Crippen molar-refractivity contribution in [1.29, 1.82) is 5.26 Å². The van der Waals surface area contributed by atoms with E-state index in [-0.39, 0.29) is 11.3 Å². The lowest BCUT2D eigenvalue weighted by atomic mass is 10.1. The smallest absolute Gasteiger partial charge is 0.267 e. The van der Waals surface area contributed by atoms with Gasteiger partial charge in [0.2, 0.25) is 0 Å². The SMILES string of the molecule is COc1ccc(N/C=C(/C#N)C(=O)Nc2cccc3c(O)cccc23)cc1OC. The highest BCUT2D eigenvalue weighted by Gasteiger charge is 2.12. The van der Waals surface area contributed by atoms with Crippen LogP contribution in [0.25, 0.3) is 10.8 Å². The van der Waals surface area contributed by atoms with Crippen LogP contribution in [-0.4, -0.2) is 25.2 Å². The van der Waals surface area contributed by atoms with E-state index < -0.39 is 5.91 Å². The minimum Gasteiger partial charge on any atom is -0.507 e. The Hall–Kier alpha value is -4.18. The van der Waals surface area contributed by atoms with E-state index in [1.165, 1.54) is 20.4 Å². The first-order valence-corrected chi connectivity index (χ1v) is 8.68. The Morgan fingerprint density at radius 2 is 1.76 bits per heavy atom. The van der Waals surface area contributed by atoms with Crippen molar-refractivity contribution in [1.82, 2.24) is 0 Å². The van der Waals surface area contributed by atoms with Gasteiger partial charge in [-0.15, -0.1) is 0 Å². The third-order valence-electron chi connectivity index (χ3n) is 4.28. The predicted octanol–water partition coefficient (Wildman–Crippen LogP) is 4.02. The molecule has 0 unspecified atom stereocenters. The topological polar surface area (TPSA) is 104 Å². The van der Waals surface area contributed by atoms with E-state index in [0.717, 1.165) is 0 Å². The average Bonchev–Trinajstić information content (AvgIpc) is 2.74. The Morgan fingerprint density at radius 3 is 2.48 bits per heavy atom. The number of carbonyl (C=O) groups is 1. The number of phenolic OH excluding ortho intramolecular Hbond substituents is 1. The van der Waals surface area contributed by atoms with Gasteiger partial charge in [-0.05, 0) is 24.3 Å². The van der Waals surface area contributed by atoms with Crippen LogP contribution in [0.5, 0.6) is 17.2 Å². The van der Waals surface area contributed by atoms with Crippen molar-refractivity contribution in [2.45, 2.75) is 0 Å². The zero-order valence-electron chi connectivity index (χ0n) is 15.9. The Labute approximate surface area is 167 Å². The average molecular weight is 389 g/mol. The number of ether oxygens (including phenoxy) is 2. The van der Waals surface area contributed by atoms with Gasteiger partial charge in [0.25, 0.3) is 5.91 Å². The second-order valence-electron chi connectivity index (χ2n) is 6.02. The third kappa shape index (κ3) is 4.22. The summed E-state index contributed by atoms with van der Waals surface area (Å²) < 4.78 is 10.4. The second kappa shape index (κ2) is 8.67. The highest BCUT2D eigenvalue weighted by Crippen LogP contribution is 2.31. The summed E-state index contributed by atoms with van der Waals surface area (Å²) in [5, 5.41) is 26.3. The number of carbonyl (C=O) groups excluding carboxylic acids is 1. The van der Waals surface area contributed by atoms with Gasteiger partial charge in [0.05, 0.1) is 14.2 Å². The number of hydrogen-bond acceptors (Lipinski definition) is 6. The van der Waals surface area contributed by atoms with Crippen LogP contribution in [0.4, 0.5) is 11.4 Å². The number of amides is 1.